The molecule has 100 valence electrons. The zero-order valence-electron chi connectivity index (χ0n) is 10.9. The van der Waals surface area contributed by atoms with Crippen LogP contribution in [-0.4, -0.2) is 57.6 Å². The van der Waals surface area contributed by atoms with E-state index >= 15 is 0 Å². The van der Waals surface area contributed by atoms with E-state index < -0.39 is 0 Å². The van der Waals surface area contributed by atoms with Gasteiger partial charge in [0.1, 0.15) is 18.3 Å². The van der Waals surface area contributed by atoms with Gasteiger partial charge in [0.05, 0.1) is 0 Å². The summed E-state index contributed by atoms with van der Waals surface area (Å²) in [6, 6.07) is 0. The van der Waals surface area contributed by atoms with E-state index in [0.29, 0.717) is 11.5 Å². The third kappa shape index (κ3) is 2.24. The van der Waals surface area contributed by atoms with Gasteiger partial charge in [-0.15, -0.1) is 0 Å². The first-order valence-corrected chi connectivity index (χ1v) is 6.28. The lowest BCUT2D eigenvalue weighted by atomic mass is 10.3. The molecule has 0 unspecified atom stereocenters. The quantitative estimate of drug-likeness (QED) is 0.818. The molecule has 1 fully saturated rings. The maximum absolute atomic E-state index is 6.21. The van der Waals surface area contributed by atoms with E-state index in [0.717, 1.165) is 32.0 Å². The molecule has 0 aromatic carbocycles. The lowest BCUT2D eigenvalue weighted by Gasteiger charge is -2.33. The van der Waals surface area contributed by atoms with Crippen LogP contribution in [-0.2, 0) is 0 Å². The molecule has 3 heterocycles. The van der Waals surface area contributed by atoms with Gasteiger partial charge in [-0.2, -0.15) is 0 Å². The topological polar surface area (TPSA) is 76.1 Å². The average molecular weight is 259 g/mol. The molecule has 0 aliphatic carbocycles. The van der Waals surface area contributed by atoms with Crippen molar-refractivity contribution in [2.45, 2.75) is 0 Å². The Bertz CT molecular complexity index is 543. The summed E-state index contributed by atoms with van der Waals surface area (Å²) in [4.78, 5) is 17.1. The summed E-state index contributed by atoms with van der Waals surface area (Å²) in [5, 5.41) is 0. The van der Waals surface area contributed by atoms with Crippen molar-refractivity contribution in [1.82, 2.24) is 24.4 Å². The third-order valence-corrected chi connectivity index (χ3v) is 3.39. The fourth-order valence-electron chi connectivity index (χ4n) is 2.24. The van der Waals surface area contributed by atoms with Crippen LogP contribution in [0.5, 0.6) is 0 Å². The van der Waals surface area contributed by atoms with Crippen molar-refractivity contribution in [3.8, 4) is 5.82 Å². The maximum Gasteiger partial charge on any atom is 0.166 e. The Balaban J connectivity index is 1.92. The molecule has 2 aromatic heterocycles. The third-order valence-electron chi connectivity index (χ3n) is 3.39. The van der Waals surface area contributed by atoms with Crippen LogP contribution in [0.2, 0.25) is 0 Å². The molecule has 0 bridgehead atoms. The fraction of sp³-hybridized carbons (Fsp3) is 0.417. The van der Waals surface area contributed by atoms with E-state index in [2.05, 4.69) is 31.8 Å². The summed E-state index contributed by atoms with van der Waals surface area (Å²) >= 11 is 0. The summed E-state index contributed by atoms with van der Waals surface area (Å²) in [5.41, 5.74) is 6.81. The molecule has 1 aliphatic rings. The predicted octanol–water partition coefficient (Wildman–Crippen LogP) is -0.00370. The second kappa shape index (κ2) is 4.85. The van der Waals surface area contributed by atoms with Crippen LogP contribution in [0, 0.1) is 0 Å². The first kappa shape index (κ1) is 11.9. The number of piperazine rings is 1. The number of likely N-dealkylation sites (N-methyl/N-ethyl adjacent to an activating group) is 1. The number of nitrogens with zero attached hydrogens (tertiary/aromatic N) is 6. The zero-order valence-corrected chi connectivity index (χ0v) is 10.9. The molecular formula is C12H17N7. The van der Waals surface area contributed by atoms with E-state index in [-0.39, 0.29) is 0 Å². The summed E-state index contributed by atoms with van der Waals surface area (Å²) in [6.07, 6.45) is 6.77. The second-order valence-electron chi connectivity index (χ2n) is 4.69. The highest BCUT2D eigenvalue weighted by Gasteiger charge is 2.19. The minimum absolute atomic E-state index is 0.602. The molecule has 7 nitrogen and oxygen atoms in total. The number of imidazole rings is 1. The first-order chi connectivity index (χ1) is 9.25. The van der Waals surface area contributed by atoms with Gasteiger partial charge in [0.15, 0.2) is 11.6 Å². The molecule has 0 atom stereocenters. The SMILES string of the molecule is CN1CCN(c2ncnc(-n3ccnc3)c2N)CC1. The lowest BCUT2D eigenvalue weighted by Crippen LogP contribution is -2.45. The number of nitrogen functional groups attached to an aromatic ring is 1. The minimum atomic E-state index is 0.602. The van der Waals surface area contributed by atoms with E-state index in [1.54, 1.807) is 23.4 Å². The van der Waals surface area contributed by atoms with Crippen LogP contribution in [0.4, 0.5) is 11.5 Å². The molecule has 2 aromatic rings. The van der Waals surface area contributed by atoms with Gasteiger partial charge in [0.25, 0.3) is 0 Å². The van der Waals surface area contributed by atoms with Gasteiger partial charge in [-0.1, -0.05) is 0 Å². The predicted molar refractivity (Wildman–Crippen MR) is 73.3 cm³/mol. The van der Waals surface area contributed by atoms with Crippen molar-refractivity contribution in [3.63, 3.8) is 0 Å². The standard InChI is InChI=1S/C12H17N7/c1-17-4-6-18(7-5-17)11-10(13)12(16-8-15-11)19-3-2-14-9-19/h2-3,8-9H,4-7,13H2,1H3. The monoisotopic (exact) mass is 259 g/mol. The van der Waals surface area contributed by atoms with E-state index in [1.165, 1.54) is 0 Å². The number of hydrogen-bond donors (Lipinski definition) is 1. The van der Waals surface area contributed by atoms with E-state index in [9.17, 15) is 0 Å². The smallest absolute Gasteiger partial charge is 0.166 e. The Kier molecular flexibility index (Phi) is 3.04. The van der Waals surface area contributed by atoms with E-state index in [1.807, 2.05) is 6.20 Å². The Morgan fingerprint density at radius 2 is 1.84 bits per heavy atom. The largest absolute Gasteiger partial charge is 0.393 e. The minimum Gasteiger partial charge on any atom is -0.393 e. The molecule has 3 rings (SSSR count). The molecule has 19 heavy (non-hydrogen) atoms. The Morgan fingerprint density at radius 1 is 1.11 bits per heavy atom. The van der Waals surface area contributed by atoms with Crippen LogP contribution in [0.3, 0.4) is 0 Å². The molecule has 1 aliphatic heterocycles. The van der Waals surface area contributed by atoms with Crippen LogP contribution in [0.1, 0.15) is 0 Å². The van der Waals surface area contributed by atoms with Gasteiger partial charge < -0.3 is 15.5 Å². The summed E-state index contributed by atoms with van der Waals surface area (Å²) < 4.78 is 1.80. The highest BCUT2D eigenvalue weighted by molar-refractivity contribution is 5.70. The summed E-state index contributed by atoms with van der Waals surface area (Å²) in [5.74, 6) is 1.49. The lowest BCUT2D eigenvalue weighted by molar-refractivity contribution is 0.312. The zero-order chi connectivity index (χ0) is 13.2. The fourth-order valence-corrected chi connectivity index (χ4v) is 2.24. The van der Waals surface area contributed by atoms with Crippen LogP contribution >= 0.6 is 0 Å². The summed E-state index contributed by atoms with van der Waals surface area (Å²) in [7, 11) is 2.12. The molecular weight excluding hydrogens is 242 g/mol. The Morgan fingerprint density at radius 3 is 2.53 bits per heavy atom. The number of rotatable bonds is 2. The molecule has 7 heteroatoms. The van der Waals surface area contributed by atoms with Crippen molar-refractivity contribution >= 4 is 11.5 Å². The second-order valence-corrected chi connectivity index (χ2v) is 4.69. The van der Waals surface area contributed by atoms with Crippen molar-refractivity contribution < 1.29 is 0 Å². The molecule has 0 spiro atoms. The van der Waals surface area contributed by atoms with Crippen molar-refractivity contribution in [2.24, 2.45) is 0 Å². The van der Waals surface area contributed by atoms with Gasteiger partial charge in [0, 0.05) is 38.6 Å². The first-order valence-electron chi connectivity index (χ1n) is 6.28. The van der Waals surface area contributed by atoms with Gasteiger partial charge in [-0.3, -0.25) is 4.57 Å². The Labute approximate surface area is 111 Å². The van der Waals surface area contributed by atoms with Crippen LogP contribution in [0.15, 0.2) is 25.0 Å². The highest BCUT2D eigenvalue weighted by atomic mass is 15.3. The van der Waals surface area contributed by atoms with Crippen molar-refractivity contribution in [3.05, 3.63) is 25.0 Å². The number of hydrogen-bond acceptors (Lipinski definition) is 6. The highest BCUT2D eigenvalue weighted by Crippen LogP contribution is 2.25. The number of aromatic nitrogens is 4. The van der Waals surface area contributed by atoms with Gasteiger partial charge >= 0.3 is 0 Å². The van der Waals surface area contributed by atoms with Crippen LogP contribution in [0.25, 0.3) is 5.82 Å². The van der Waals surface area contributed by atoms with Crippen molar-refractivity contribution in [1.29, 1.82) is 0 Å². The maximum atomic E-state index is 6.21. The van der Waals surface area contributed by atoms with Gasteiger partial charge in [-0.25, -0.2) is 15.0 Å². The summed E-state index contributed by atoms with van der Waals surface area (Å²) in [6.45, 7) is 3.90. The van der Waals surface area contributed by atoms with Crippen LogP contribution < -0.4 is 10.6 Å². The van der Waals surface area contributed by atoms with Gasteiger partial charge in [-0.05, 0) is 7.05 Å². The molecule has 2 N–H and O–H groups in total. The molecule has 1 saturated heterocycles. The molecule has 0 radical (unpaired) electrons. The Hall–Kier alpha value is -2.15. The van der Waals surface area contributed by atoms with Gasteiger partial charge in [0.2, 0.25) is 0 Å². The normalized spacial score (nSPS) is 16.8. The van der Waals surface area contributed by atoms with Crippen molar-refractivity contribution in [2.75, 3.05) is 43.9 Å². The number of nitrogens with two attached hydrogens (primary N) is 1. The number of anilines is 2. The average Bonchev–Trinajstić information content (AvgIpc) is 2.94. The van der Waals surface area contributed by atoms with E-state index in [4.69, 9.17) is 5.73 Å². The molecule has 0 amide bonds. The molecule has 0 saturated carbocycles.